The van der Waals surface area contributed by atoms with Crippen molar-refractivity contribution in [2.75, 3.05) is 18.4 Å². The van der Waals surface area contributed by atoms with E-state index >= 15 is 0 Å². The Morgan fingerprint density at radius 1 is 1.03 bits per heavy atom. The average Bonchev–Trinajstić information content (AvgIpc) is 3.22. The van der Waals surface area contributed by atoms with E-state index in [1.807, 2.05) is 80.0 Å². The number of anilines is 1. The van der Waals surface area contributed by atoms with E-state index in [1.165, 1.54) is 0 Å². The lowest BCUT2D eigenvalue weighted by atomic mass is 9.96. The molecule has 5 nitrogen and oxygen atoms in total. The van der Waals surface area contributed by atoms with Gasteiger partial charge in [-0.05, 0) is 36.6 Å². The van der Waals surface area contributed by atoms with Gasteiger partial charge in [-0.2, -0.15) is 0 Å². The van der Waals surface area contributed by atoms with E-state index in [0.717, 1.165) is 40.8 Å². The molecule has 0 aliphatic heterocycles. The molecule has 5 heteroatoms. The summed E-state index contributed by atoms with van der Waals surface area (Å²) >= 11 is 0. The fraction of sp³-hybridized carbons (Fsp3) is 0.200. The molecule has 2 heterocycles. The minimum Gasteiger partial charge on any atom is -0.370 e. The number of aromatic nitrogens is 2. The van der Waals surface area contributed by atoms with Crippen LogP contribution < -0.4 is 10.6 Å². The molecule has 0 radical (unpaired) electrons. The third-order valence-electron chi connectivity index (χ3n) is 5.19. The van der Waals surface area contributed by atoms with Gasteiger partial charge < -0.3 is 15.6 Å². The molecule has 1 unspecified atom stereocenters. The van der Waals surface area contributed by atoms with Crippen LogP contribution in [0.3, 0.4) is 0 Å². The minimum atomic E-state index is -0.403. The molecule has 0 bridgehead atoms. The van der Waals surface area contributed by atoms with E-state index in [1.54, 1.807) is 0 Å². The van der Waals surface area contributed by atoms with E-state index in [2.05, 4.69) is 26.7 Å². The Morgan fingerprint density at radius 3 is 2.60 bits per heavy atom. The van der Waals surface area contributed by atoms with E-state index in [4.69, 9.17) is 0 Å². The zero-order valence-electron chi connectivity index (χ0n) is 17.1. The molecular formula is C25H26N4O. The number of carbonyl (C=O) groups is 1. The summed E-state index contributed by atoms with van der Waals surface area (Å²) in [6, 6.07) is 21.5. The molecule has 3 N–H and O–H groups in total. The summed E-state index contributed by atoms with van der Waals surface area (Å²) in [7, 11) is 0. The van der Waals surface area contributed by atoms with Crippen molar-refractivity contribution in [2.45, 2.75) is 19.4 Å². The van der Waals surface area contributed by atoms with Gasteiger partial charge in [-0.1, -0.05) is 54.6 Å². The number of ketones is 1. The number of H-pyrrole nitrogens is 1. The van der Waals surface area contributed by atoms with Gasteiger partial charge >= 0.3 is 0 Å². The van der Waals surface area contributed by atoms with Crippen molar-refractivity contribution >= 4 is 22.5 Å². The molecule has 2 aromatic carbocycles. The molecule has 0 saturated carbocycles. The highest BCUT2D eigenvalue weighted by Gasteiger charge is 2.23. The highest BCUT2D eigenvalue weighted by atomic mass is 16.1. The van der Waals surface area contributed by atoms with E-state index in [0.29, 0.717) is 12.1 Å². The number of para-hydroxylation sites is 1. The molecule has 152 valence electrons. The Balaban J connectivity index is 1.51. The van der Waals surface area contributed by atoms with Crippen LogP contribution in [0, 0.1) is 0 Å². The van der Waals surface area contributed by atoms with Crippen LogP contribution >= 0.6 is 0 Å². The summed E-state index contributed by atoms with van der Waals surface area (Å²) in [5.74, 6) is 0.949. The highest BCUT2D eigenvalue weighted by molar-refractivity contribution is 6.10. The first-order chi connectivity index (χ1) is 14.8. The van der Waals surface area contributed by atoms with Crippen LogP contribution in [0.15, 0.2) is 79.1 Å². The molecule has 4 aromatic rings. The normalized spacial score (nSPS) is 12.0. The maximum Gasteiger partial charge on any atom is 0.186 e. The van der Waals surface area contributed by atoms with E-state index < -0.39 is 6.04 Å². The first-order valence-corrected chi connectivity index (χ1v) is 10.3. The summed E-state index contributed by atoms with van der Waals surface area (Å²) < 4.78 is 0. The molecule has 0 fully saturated rings. The summed E-state index contributed by atoms with van der Waals surface area (Å²) in [5, 5.41) is 7.62. The van der Waals surface area contributed by atoms with Gasteiger partial charge in [0.05, 0.1) is 6.04 Å². The summed E-state index contributed by atoms with van der Waals surface area (Å²) in [6.07, 6.45) is 4.50. The lowest BCUT2D eigenvalue weighted by molar-refractivity contribution is 0.0945. The number of hydrogen-bond acceptors (Lipinski definition) is 4. The van der Waals surface area contributed by atoms with E-state index in [-0.39, 0.29) is 5.78 Å². The van der Waals surface area contributed by atoms with Crippen molar-refractivity contribution in [2.24, 2.45) is 0 Å². The number of nitrogens with zero attached hydrogens (tertiary/aromatic N) is 1. The molecule has 2 aromatic heterocycles. The fourth-order valence-corrected chi connectivity index (χ4v) is 3.66. The second-order valence-electron chi connectivity index (χ2n) is 7.24. The third-order valence-corrected chi connectivity index (χ3v) is 5.19. The Kier molecular flexibility index (Phi) is 6.20. The number of aromatic amines is 1. The first-order valence-electron chi connectivity index (χ1n) is 10.3. The highest BCUT2D eigenvalue weighted by Crippen LogP contribution is 2.24. The molecule has 0 aliphatic carbocycles. The van der Waals surface area contributed by atoms with Gasteiger partial charge in [0, 0.05) is 41.9 Å². The molecule has 0 amide bonds. The molecule has 0 spiro atoms. The molecule has 0 saturated heterocycles. The van der Waals surface area contributed by atoms with Crippen LogP contribution in [0.2, 0.25) is 0 Å². The number of nitrogens with one attached hydrogen (secondary N) is 3. The average molecular weight is 399 g/mol. The molecule has 0 aliphatic rings. The second-order valence-corrected chi connectivity index (χ2v) is 7.24. The van der Waals surface area contributed by atoms with Crippen molar-refractivity contribution in [3.05, 3.63) is 95.8 Å². The predicted octanol–water partition coefficient (Wildman–Crippen LogP) is 4.75. The second kappa shape index (κ2) is 9.37. The van der Waals surface area contributed by atoms with Gasteiger partial charge in [-0.15, -0.1) is 0 Å². The van der Waals surface area contributed by atoms with Crippen LogP contribution in [-0.2, 0) is 6.42 Å². The largest absolute Gasteiger partial charge is 0.370 e. The Hall–Kier alpha value is -3.44. The fourth-order valence-electron chi connectivity index (χ4n) is 3.66. The van der Waals surface area contributed by atoms with Crippen LogP contribution in [0.4, 0.5) is 5.82 Å². The molecule has 1 atom stereocenters. The van der Waals surface area contributed by atoms with E-state index in [9.17, 15) is 4.79 Å². The Morgan fingerprint density at radius 2 is 1.83 bits per heavy atom. The zero-order chi connectivity index (χ0) is 20.8. The maximum absolute atomic E-state index is 13.5. The number of rotatable bonds is 9. The number of benzene rings is 2. The first kappa shape index (κ1) is 19.9. The number of hydrogen-bond donors (Lipinski definition) is 3. The van der Waals surface area contributed by atoms with Crippen molar-refractivity contribution < 1.29 is 4.79 Å². The number of fused-ring (bicyclic) bond motifs is 1. The SMILES string of the molecule is CCNc1ccc(CCNC(C(=O)c2c[nH]c3ccccc23)c2ccccc2)cn1. The smallest absolute Gasteiger partial charge is 0.186 e. The monoisotopic (exact) mass is 398 g/mol. The van der Waals surface area contributed by atoms with Crippen LogP contribution in [0.25, 0.3) is 10.9 Å². The Labute approximate surface area is 176 Å². The molecular weight excluding hydrogens is 372 g/mol. The van der Waals surface area contributed by atoms with Gasteiger partial charge in [0.2, 0.25) is 0 Å². The van der Waals surface area contributed by atoms with Crippen LogP contribution in [-0.4, -0.2) is 28.8 Å². The summed E-state index contributed by atoms with van der Waals surface area (Å²) in [5.41, 5.74) is 3.78. The molecule has 4 rings (SSSR count). The van der Waals surface area contributed by atoms with Crippen LogP contribution in [0.5, 0.6) is 0 Å². The van der Waals surface area contributed by atoms with Crippen molar-refractivity contribution in [1.82, 2.24) is 15.3 Å². The summed E-state index contributed by atoms with van der Waals surface area (Å²) in [4.78, 5) is 21.1. The number of Topliss-reactive ketones (excluding diaryl/α,β-unsaturated/α-hetero) is 1. The van der Waals surface area contributed by atoms with Gasteiger partial charge in [0.15, 0.2) is 5.78 Å². The van der Waals surface area contributed by atoms with Crippen molar-refractivity contribution in [3.8, 4) is 0 Å². The van der Waals surface area contributed by atoms with Gasteiger partial charge in [-0.3, -0.25) is 4.79 Å². The lowest BCUT2D eigenvalue weighted by Crippen LogP contribution is -2.30. The van der Waals surface area contributed by atoms with Gasteiger partial charge in [0.1, 0.15) is 5.82 Å². The minimum absolute atomic E-state index is 0.0688. The lowest BCUT2D eigenvalue weighted by Gasteiger charge is -2.18. The van der Waals surface area contributed by atoms with Gasteiger partial charge in [-0.25, -0.2) is 4.98 Å². The maximum atomic E-state index is 13.5. The number of pyridine rings is 1. The zero-order valence-corrected chi connectivity index (χ0v) is 17.1. The number of carbonyl (C=O) groups excluding carboxylic acids is 1. The predicted molar refractivity (Wildman–Crippen MR) is 122 cm³/mol. The standard InChI is InChI=1S/C25H26N4O/c1-2-26-23-13-12-18(16-29-23)14-15-27-24(19-8-4-3-5-9-19)25(30)21-17-28-22-11-7-6-10-20(21)22/h3-13,16-17,24,27-28H,2,14-15H2,1H3,(H,26,29). The van der Waals surface area contributed by atoms with Gasteiger partial charge in [0.25, 0.3) is 0 Å². The third kappa shape index (κ3) is 4.42. The van der Waals surface area contributed by atoms with Crippen molar-refractivity contribution in [1.29, 1.82) is 0 Å². The Bertz CT molecular complexity index is 1100. The van der Waals surface area contributed by atoms with Crippen molar-refractivity contribution in [3.63, 3.8) is 0 Å². The topological polar surface area (TPSA) is 69.8 Å². The summed E-state index contributed by atoms with van der Waals surface area (Å²) in [6.45, 7) is 3.58. The molecule has 30 heavy (non-hydrogen) atoms. The quantitative estimate of drug-likeness (QED) is 0.356. The van der Waals surface area contributed by atoms with Crippen LogP contribution in [0.1, 0.15) is 34.5 Å².